The van der Waals surface area contributed by atoms with Gasteiger partial charge in [-0.2, -0.15) is 0 Å². The van der Waals surface area contributed by atoms with Gasteiger partial charge in [-0.1, -0.05) is 12.8 Å². The largest absolute Gasteiger partial charge is 0.290 e. The average Bonchev–Trinajstić information content (AvgIpc) is 2.85. The lowest BCUT2D eigenvalue weighted by molar-refractivity contribution is 0.234. The van der Waals surface area contributed by atoms with Gasteiger partial charge in [0.2, 0.25) is 0 Å². The minimum Gasteiger partial charge on any atom is -0.290 e. The molecule has 0 saturated heterocycles. The summed E-state index contributed by atoms with van der Waals surface area (Å²) in [6, 6.07) is 0. The highest BCUT2D eigenvalue weighted by Crippen LogP contribution is 2.38. The lowest BCUT2D eigenvalue weighted by atomic mass is 9.95. The second kappa shape index (κ2) is 4.33. The number of hydrogen-bond donors (Lipinski definition) is 3. The number of hydrogen-bond acceptors (Lipinski definition) is 3. The van der Waals surface area contributed by atoms with Crippen LogP contribution in [0.4, 0.5) is 0 Å². The van der Waals surface area contributed by atoms with Gasteiger partial charge in [0.25, 0.3) is 0 Å². The topological polar surface area (TPSA) is 56.1 Å². The molecule has 1 aliphatic rings. The molecule has 0 bridgehead atoms. The second-order valence-electron chi connectivity index (χ2n) is 4.09. The van der Waals surface area contributed by atoms with Crippen molar-refractivity contribution in [3.05, 3.63) is 21.4 Å². The van der Waals surface area contributed by atoms with E-state index in [1.807, 2.05) is 12.4 Å². The molecule has 2 rings (SSSR count). The van der Waals surface area contributed by atoms with E-state index in [4.69, 9.17) is 10.6 Å². The molecule has 0 atom stereocenters. The normalized spacial score (nSPS) is 16.9. The van der Waals surface area contributed by atoms with Gasteiger partial charge in [-0.25, -0.2) is 0 Å². The molecule has 1 aliphatic carbocycles. The number of amidine groups is 1. The molecule has 1 fully saturated rings. The van der Waals surface area contributed by atoms with Crippen LogP contribution in [-0.2, 0) is 0 Å². The molecule has 3 nitrogen and oxygen atoms in total. The quantitative estimate of drug-likeness (QED) is 0.411. The summed E-state index contributed by atoms with van der Waals surface area (Å²) in [4.78, 5) is 1.11. The van der Waals surface area contributed by atoms with E-state index in [9.17, 15) is 0 Å². The fourth-order valence-corrected chi connectivity index (χ4v) is 3.34. The van der Waals surface area contributed by atoms with Crippen molar-refractivity contribution < 1.29 is 5.21 Å². The van der Waals surface area contributed by atoms with E-state index in [0.29, 0.717) is 5.92 Å². The molecule has 4 heteroatoms. The third-order valence-electron chi connectivity index (χ3n) is 3.16. The Labute approximate surface area is 93.6 Å². The Morgan fingerprint density at radius 3 is 2.80 bits per heavy atom. The van der Waals surface area contributed by atoms with Gasteiger partial charge >= 0.3 is 0 Å². The summed E-state index contributed by atoms with van der Waals surface area (Å²) in [5.41, 5.74) is 4.12. The highest BCUT2D eigenvalue weighted by Gasteiger charge is 2.23. The van der Waals surface area contributed by atoms with E-state index < -0.39 is 0 Å². The summed E-state index contributed by atoms with van der Waals surface area (Å²) < 4.78 is 0. The van der Waals surface area contributed by atoms with Crippen molar-refractivity contribution in [1.29, 1.82) is 5.41 Å². The van der Waals surface area contributed by atoms with Crippen molar-refractivity contribution in [3.8, 4) is 0 Å². The van der Waals surface area contributed by atoms with Crippen LogP contribution >= 0.6 is 11.3 Å². The standard InChI is InChI=1S/C11H16N2OS/c1-7-10(11(12)13-14)9(6-15-7)8-4-2-3-5-8/h6,8,14H,2-5H2,1H3,(H2,12,13). The van der Waals surface area contributed by atoms with Crippen LogP contribution in [-0.4, -0.2) is 11.0 Å². The smallest absolute Gasteiger partial charge is 0.150 e. The van der Waals surface area contributed by atoms with Gasteiger partial charge in [0.1, 0.15) is 0 Å². The zero-order chi connectivity index (χ0) is 10.8. The molecule has 0 spiro atoms. The molecular weight excluding hydrogens is 208 g/mol. The van der Waals surface area contributed by atoms with Gasteiger partial charge in [0.15, 0.2) is 5.84 Å². The number of aryl methyl sites for hydroxylation is 1. The summed E-state index contributed by atoms with van der Waals surface area (Å²) in [6.45, 7) is 2.00. The number of thiophene rings is 1. The second-order valence-corrected chi connectivity index (χ2v) is 5.17. The first-order valence-corrected chi connectivity index (χ1v) is 6.19. The fraction of sp³-hybridized carbons (Fsp3) is 0.545. The minimum absolute atomic E-state index is 0.135. The van der Waals surface area contributed by atoms with E-state index in [1.165, 1.54) is 31.2 Å². The van der Waals surface area contributed by atoms with Gasteiger partial charge < -0.3 is 0 Å². The number of rotatable bonds is 2. The molecule has 1 heterocycles. The Morgan fingerprint density at radius 1 is 1.53 bits per heavy atom. The first-order chi connectivity index (χ1) is 7.24. The monoisotopic (exact) mass is 224 g/mol. The highest BCUT2D eigenvalue weighted by atomic mass is 32.1. The maximum atomic E-state index is 8.83. The molecular formula is C11H16N2OS. The van der Waals surface area contributed by atoms with Crippen LogP contribution in [0, 0.1) is 12.3 Å². The molecule has 15 heavy (non-hydrogen) atoms. The molecule has 0 aromatic carbocycles. The average molecular weight is 224 g/mol. The summed E-state index contributed by atoms with van der Waals surface area (Å²) in [7, 11) is 0. The van der Waals surface area contributed by atoms with Crippen molar-refractivity contribution in [2.75, 3.05) is 0 Å². The lowest BCUT2D eigenvalue weighted by Crippen LogP contribution is -2.20. The molecule has 1 saturated carbocycles. The molecule has 0 amide bonds. The van der Waals surface area contributed by atoms with Gasteiger partial charge in [-0.15, -0.1) is 11.3 Å². The third-order valence-corrected chi connectivity index (χ3v) is 4.09. The van der Waals surface area contributed by atoms with Crippen LogP contribution in [0.1, 0.15) is 47.6 Å². The number of nitrogens with one attached hydrogen (secondary N) is 2. The fourth-order valence-electron chi connectivity index (χ4n) is 2.39. The van der Waals surface area contributed by atoms with Crippen molar-refractivity contribution in [2.24, 2.45) is 0 Å². The Kier molecular flexibility index (Phi) is 3.07. The highest BCUT2D eigenvalue weighted by molar-refractivity contribution is 7.10. The molecule has 82 valence electrons. The van der Waals surface area contributed by atoms with Crippen molar-refractivity contribution in [3.63, 3.8) is 0 Å². The van der Waals surface area contributed by atoms with Crippen LogP contribution in [0.5, 0.6) is 0 Å². The van der Waals surface area contributed by atoms with E-state index in [0.717, 1.165) is 10.4 Å². The maximum Gasteiger partial charge on any atom is 0.150 e. The zero-order valence-corrected chi connectivity index (χ0v) is 9.66. The first-order valence-electron chi connectivity index (χ1n) is 5.31. The summed E-state index contributed by atoms with van der Waals surface area (Å²) in [5.74, 6) is 0.731. The van der Waals surface area contributed by atoms with Crippen LogP contribution in [0.3, 0.4) is 0 Å². The molecule has 3 N–H and O–H groups in total. The molecule has 1 aromatic rings. The summed E-state index contributed by atoms with van der Waals surface area (Å²) in [5, 5.41) is 18.7. The SMILES string of the molecule is Cc1scc(C2CCCC2)c1C(=N)NO. The summed E-state index contributed by atoms with van der Waals surface area (Å²) >= 11 is 1.67. The van der Waals surface area contributed by atoms with Crippen LogP contribution in [0.2, 0.25) is 0 Å². The lowest BCUT2D eigenvalue weighted by Gasteiger charge is -2.11. The Bertz CT molecular complexity index is 367. The zero-order valence-electron chi connectivity index (χ0n) is 8.84. The Balaban J connectivity index is 2.34. The molecule has 0 aliphatic heterocycles. The Hall–Kier alpha value is -0.870. The summed E-state index contributed by atoms with van der Waals surface area (Å²) in [6.07, 6.45) is 5.03. The van der Waals surface area contributed by atoms with Crippen molar-refractivity contribution >= 4 is 17.2 Å². The maximum absolute atomic E-state index is 8.83. The number of hydroxylamine groups is 1. The van der Waals surface area contributed by atoms with Crippen molar-refractivity contribution in [1.82, 2.24) is 5.48 Å². The molecule has 0 unspecified atom stereocenters. The first kappa shape index (κ1) is 10.6. The predicted octanol–water partition coefficient (Wildman–Crippen LogP) is 3.02. The van der Waals surface area contributed by atoms with Gasteiger partial charge in [0.05, 0.1) is 0 Å². The third kappa shape index (κ3) is 1.92. The van der Waals surface area contributed by atoms with Crippen LogP contribution in [0.25, 0.3) is 0 Å². The van der Waals surface area contributed by atoms with Crippen molar-refractivity contribution in [2.45, 2.75) is 38.5 Å². The van der Waals surface area contributed by atoms with E-state index in [2.05, 4.69) is 5.38 Å². The van der Waals surface area contributed by atoms with Crippen LogP contribution in [0.15, 0.2) is 5.38 Å². The van der Waals surface area contributed by atoms with E-state index >= 15 is 0 Å². The minimum atomic E-state index is 0.135. The van der Waals surface area contributed by atoms with Gasteiger partial charge in [-0.3, -0.25) is 16.1 Å². The van der Waals surface area contributed by atoms with Gasteiger partial charge in [0, 0.05) is 10.4 Å². The van der Waals surface area contributed by atoms with E-state index in [-0.39, 0.29) is 5.84 Å². The Morgan fingerprint density at radius 2 is 2.20 bits per heavy atom. The molecule has 0 radical (unpaired) electrons. The predicted molar refractivity (Wildman–Crippen MR) is 62.0 cm³/mol. The van der Waals surface area contributed by atoms with Gasteiger partial charge in [-0.05, 0) is 36.6 Å². The van der Waals surface area contributed by atoms with E-state index in [1.54, 1.807) is 11.3 Å². The van der Waals surface area contributed by atoms with Crippen LogP contribution < -0.4 is 5.48 Å². The molecule has 1 aromatic heterocycles.